The van der Waals surface area contributed by atoms with Gasteiger partial charge < -0.3 is 14.9 Å². The van der Waals surface area contributed by atoms with Gasteiger partial charge in [0.2, 0.25) is 0 Å². The molecule has 1 heterocycles. The highest BCUT2D eigenvalue weighted by atomic mass is 35.5. The van der Waals surface area contributed by atoms with E-state index in [4.69, 9.17) is 11.6 Å². The van der Waals surface area contributed by atoms with E-state index in [1.807, 2.05) is 25.9 Å². The molecule has 1 aliphatic heterocycles. The summed E-state index contributed by atoms with van der Waals surface area (Å²) in [5.74, 6) is -1.24. The van der Waals surface area contributed by atoms with Crippen LogP contribution >= 0.6 is 11.6 Å². The maximum absolute atomic E-state index is 12.7. The Morgan fingerprint density at radius 2 is 2.05 bits per heavy atom. The van der Waals surface area contributed by atoms with Crippen molar-refractivity contribution in [2.45, 2.75) is 25.4 Å². The molecule has 1 aromatic carbocycles. The lowest BCUT2D eigenvalue weighted by molar-refractivity contribution is -0.141. The van der Waals surface area contributed by atoms with E-state index in [2.05, 4.69) is 0 Å². The van der Waals surface area contributed by atoms with Crippen molar-refractivity contribution in [2.75, 3.05) is 20.6 Å². The number of carbonyl (C=O) groups is 2. The molecule has 0 unspecified atom stereocenters. The Kier molecular flexibility index (Phi) is 4.54. The van der Waals surface area contributed by atoms with Crippen LogP contribution in [0, 0.1) is 6.92 Å². The largest absolute Gasteiger partial charge is 0.480 e. The SMILES string of the molecule is Cc1ccc(Cl)cc1C(=O)N1C[C@H](N(C)C)C[C@H]1C(=O)O. The van der Waals surface area contributed by atoms with E-state index in [-0.39, 0.29) is 11.9 Å². The number of aryl methyl sites for hydroxylation is 1. The molecule has 1 fully saturated rings. The molecule has 0 radical (unpaired) electrons. The van der Waals surface area contributed by atoms with Crippen molar-refractivity contribution in [3.8, 4) is 0 Å². The second-order valence-electron chi connectivity index (χ2n) is 5.62. The summed E-state index contributed by atoms with van der Waals surface area (Å²) in [6, 6.07) is 4.35. The fourth-order valence-corrected chi connectivity index (χ4v) is 2.80. The molecule has 2 atom stereocenters. The summed E-state index contributed by atoms with van der Waals surface area (Å²) < 4.78 is 0. The van der Waals surface area contributed by atoms with E-state index in [0.717, 1.165) is 5.56 Å². The number of nitrogens with zero attached hydrogens (tertiary/aromatic N) is 2. The number of likely N-dealkylation sites (N-methyl/N-ethyl adjacent to an activating group) is 1. The summed E-state index contributed by atoms with van der Waals surface area (Å²) in [7, 11) is 3.78. The van der Waals surface area contributed by atoms with E-state index in [9.17, 15) is 14.7 Å². The molecule has 6 heteroatoms. The van der Waals surface area contributed by atoms with Crippen molar-refractivity contribution in [1.82, 2.24) is 9.80 Å². The summed E-state index contributed by atoms with van der Waals surface area (Å²) in [6.45, 7) is 2.23. The van der Waals surface area contributed by atoms with Gasteiger partial charge in [-0.3, -0.25) is 4.79 Å². The average Bonchev–Trinajstić information content (AvgIpc) is 2.86. The van der Waals surface area contributed by atoms with Gasteiger partial charge in [0.25, 0.3) is 5.91 Å². The molecule has 1 amide bonds. The standard InChI is InChI=1S/C15H19ClN2O3/c1-9-4-5-10(16)6-12(9)14(19)18-8-11(17(2)3)7-13(18)15(20)21/h4-6,11,13H,7-8H2,1-3H3,(H,20,21)/t11-,13+/m1/s1. The van der Waals surface area contributed by atoms with Crippen LogP contribution in [0.1, 0.15) is 22.3 Å². The number of hydrogen-bond donors (Lipinski definition) is 1. The van der Waals surface area contributed by atoms with E-state index in [1.165, 1.54) is 4.90 Å². The molecule has 0 aliphatic carbocycles. The van der Waals surface area contributed by atoms with Gasteiger partial charge >= 0.3 is 5.97 Å². The minimum absolute atomic E-state index is 0.0505. The normalized spacial score (nSPS) is 21.9. The predicted molar refractivity (Wildman–Crippen MR) is 80.7 cm³/mol. The molecule has 0 spiro atoms. The van der Waals surface area contributed by atoms with Crippen molar-refractivity contribution in [3.63, 3.8) is 0 Å². The third-order valence-corrected chi connectivity index (χ3v) is 4.22. The first-order valence-electron chi connectivity index (χ1n) is 6.77. The molecule has 1 aromatic rings. The van der Waals surface area contributed by atoms with E-state index >= 15 is 0 Å². The van der Waals surface area contributed by atoms with Gasteiger partial charge in [0.15, 0.2) is 0 Å². The second kappa shape index (κ2) is 6.03. The number of carboxylic acids is 1. The van der Waals surface area contributed by atoms with Gasteiger partial charge in [-0.05, 0) is 45.1 Å². The zero-order valence-electron chi connectivity index (χ0n) is 12.3. The molecule has 1 aliphatic rings. The predicted octanol–water partition coefficient (Wildman–Crippen LogP) is 1.88. The molecule has 1 N–H and O–H groups in total. The van der Waals surface area contributed by atoms with Gasteiger partial charge in [-0.25, -0.2) is 4.79 Å². The van der Waals surface area contributed by atoms with E-state index < -0.39 is 12.0 Å². The average molecular weight is 311 g/mol. The highest BCUT2D eigenvalue weighted by molar-refractivity contribution is 6.31. The minimum atomic E-state index is -0.965. The first kappa shape index (κ1) is 15.8. The van der Waals surface area contributed by atoms with Gasteiger partial charge in [-0.15, -0.1) is 0 Å². The van der Waals surface area contributed by atoms with Crippen LogP contribution in [0.5, 0.6) is 0 Å². The van der Waals surface area contributed by atoms with Crippen LogP contribution in [0.3, 0.4) is 0 Å². The summed E-state index contributed by atoms with van der Waals surface area (Å²) >= 11 is 5.95. The van der Waals surface area contributed by atoms with Crippen LogP contribution in [-0.4, -0.2) is 59.5 Å². The smallest absolute Gasteiger partial charge is 0.326 e. The Hall–Kier alpha value is -1.59. The maximum Gasteiger partial charge on any atom is 0.326 e. The zero-order chi connectivity index (χ0) is 15.7. The molecular formula is C15H19ClN2O3. The van der Waals surface area contributed by atoms with Crippen molar-refractivity contribution in [3.05, 3.63) is 34.3 Å². The van der Waals surface area contributed by atoms with Crippen LogP contribution in [0.15, 0.2) is 18.2 Å². The van der Waals surface area contributed by atoms with Crippen LogP contribution in [-0.2, 0) is 4.79 Å². The van der Waals surface area contributed by atoms with Crippen LogP contribution in [0.25, 0.3) is 0 Å². The number of aliphatic carboxylic acids is 1. The van der Waals surface area contributed by atoms with E-state index in [1.54, 1.807) is 18.2 Å². The van der Waals surface area contributed by atoms with Crippen LogP contribution in [0.4, 0.5) is 0 Å². The number of carbonyl (C=O) groups excluding carboxylic acids is 1. The van der Waals surface area contributed by atoms with Crippen LogP contribution < -0.4 is 0 Å². The highest BCUT2D eigenvalue weighted by Gasteiger charge is 2.40. The number of rotatable bonds is 3. The molecule has 0 aromatic heterocycles. The molecular weight excluding hydrogens is 292 g/mol. The van der Waals surface area contributed by atoms with Crippen molar-refractivity contribution in [2.24, 2.45) is 0 Å². The van der Waals surface area contributed by atoms with Gasteiger partial charge in [0.05, 0.1) is 0 Å². The van der Waals surface area contributed by atoms with Gasteiger partial charge in [-0.1, -0.05) is 17.7 Å². The molecule has 0 saturated carbocycles. The molecule has 5 nitrogen and oxygen atoms in total. The van der Waals surface area contributed by atoms with Gasteiger partial charge in [0.1, 0.15) is 6.04 Å². The Balaban J connectivity index is 2.32. The number of hydrogen-bond acceptors (Lipinski definition) is 3. The second-order valence-corrected chi connectivity index (χ2v) is 6.06. The van der Waals surface area contributed by atoms with Gasteiger partial charge in [0, 0.05) is 23.2 Å². The molecule has 114 valence electrons. The summed E-state index contributed by atoms with van der Waals surface area (Å²) in [4.78, 5) is 27.5. The Labute approximate surface area is 129 Å². The Morgan fingerprint density at radius 1 is 1.38 bits per heavy atom. The zero-order valence-corrected chi connectivity index (χ0v) is 13.1. The minimum Gasteiger partial charge on any atom is -0.480 e. The van der Waals surface area contributed by atoms with E-state index in [0.29, 0.717) is 23.6 Å². The number of halogens is 1. The quantitative estimate of drug-likeness (QED) is 0.926. The number of amides is 1. The number of benzene rings is 1. The maximum atomic E-state index is 12.7. The van der Waals surface area contributed by atoms with Crippen molar-refractivity contribution >= 4 is 23.5 Å². The molecule has 0 bridgehead atoms. The summed E-state index contributed by atoms with van der Waals surface area (Å²) in [5, 5.41) is 9.84. The fourth-order valence-electron chi connectivity index (χ4n) is 2.63. The topological polar surface area (TPSA) is 60.9 Å². The van der Waals surface area contributed by atoms with Crippen molar-refractivity contribution < 1.29 is 14.7 Å². The molecule has 2 rings (SSSR count). The first-order chi connectivity index (χ1) is 9.81. The number of likely N-dealkylation sites (tertiary alicyclic amines) is 1. The van der Waals surface area contributed by atoms with Crippen molar-refractivity contribution in [1.29, 1.82) is 0 Å². The lowest BCUT2D eigenvalue weighted by Crippen LogP contribution is -2.41. The van der Waals surface area contributed by atoms with Crippen LogP contribution in [0.2, 0.25) is 5.02 Å². The lowest BCUT2D eigenvalue weighted by Gasteiger charge is -2.23. The Morgan fingerprint density at radius 3 is 2.62 bits per heavy atom. The Bertz CT molecular complexity index is 574. The molecule has 1 saturated heterocycles. The lowest BCUT2D eigenvalue weighted by atomic mass is 10.1. The third kappa shape index (κ3) is 3.19. The number of carboxylic acid groups (broad SMARTS) is 1. The monoisotopic (exact) mass is 310 g/mol. The molecule has 21 heavy (non-hydrogen) atoms. The third-order valence-electron chi connectivity index (χ3n) is 3.99. The summed E-state index contributed by atoms with van der Waals surface area (Å²) in [6.07, 6.45) is 0.438. The first-order valence-corrected chi connectivity index (χ1v) is 7.15. The summed E-state index contributed by atoms with van der Waals surface area (Å²) in [5.41, 5.74) is 1.26. The fraction of sp³-hybridized carbons (Fsp3) is 0.467. The van der Waals surface area contributed by atoms with Gasteiger partial charge in [-0.2, -0.15) is 0 Å². The highest BCUT2D eigenvalue weighted by Crippen LogP contribution is 2.25.